The lowest BCUT2D eigenvalue weighted by Crippen LogP contribution is -2.59. The van der Waals surface area contributed by atoms with Crippen molar-refractivity contribution in [3.05, 3.63) is 52.0 Å². The Morgan fingerprint density at radius 1 is 1.21 bits per heavy atom. The summed E-state index contributed by atoms with van der Waals surface area (Å²) < 4.78 is 5.12. The Balaban J connectivity index is 1.83. The molecule has 9 heteroatoms. The molecule has 0 aliphatic carbocycles. The number of anilines is 3. The van der Waals surface area contributed by atoms with Crippen molar-refractivity contribution in [1.29, 1.82) is 0 Å². The molecule has 2 amide bonds. The number of nitrogen functional groups attached to an aromatic ring is 1. The first-order chi connectivity index (χ1) is 13.1. The second kappa shape index (κ2) is 7.33. The number of rotatable bonds is 3. The molecule has 1 aliphatic heterocycles. The van der Waals surface area contributed by atoms with Crippen molar-refractivity contribution in [3.63, 3.8) is 0 Å². The Morgan fingerprint density at radius 3 is 2.61 bits per heavy atom. The lowest BCUT2D eigenvalue weighted by Gasteiger charge is -2.41. The van der Waals surface area contributed by atoms with E-state index in [0.717, 1.165) is 0 Å². The van der Waals surface area contributed by atoms with Crippen LogP contribution in [0.25, 0.3) is 0 Å². The van der Waals surface area contributed by atoms with Crippen LogP contribution in [-0.2, 0) is 14.3 Å². The van der Waals surface area contributed by atoms with E-state index >= 15 is 0 Å². The SMILES string of the molecule is CC1(C)C(=O)Nc2ccccc2N1C(=O)COC(=O)c1cc(Cl)cc(Cl)c1N. The number of nitrogens with one attached hydrogen (secondary N) is 1. The summed E-state index contributed by atoms with van der Waals surface area (Å²) in [4.78, 5) is 38.9. The third-order valence-corrected chi connectivity index (χ3v) is 4.93. The average molecular weight is 422 g/mol. The average Bonchev–Trinajstić information content (AvgIpc) is 2.63. The van der Waals surface area contributed by atoms with Gasteiger partial charge in [-0.15, -0.1) is 0 Å². The number of nitrogens with zero attached hydrogens (tertiary/aromatic N) is 1. The van der Waals surface area contributed by atoms with E-state index < -0.39 is 24.0 Å². The predicted octanol–water partition coefficient (Wildman–Crippen LogP) is 3.50. The van der Waals surface area contributed by atoms with Gasteiger partial charge in [0.15, 0.2) is 6.61 Å². The maximum Gasteiger partial charge on any atom is 0.340 e. The number of amides is 2. The fourth-order valence-electron chi connectivity index (χ4n) is 2.92. The van der Waals surface area contributed by atoms with Crippen molar-refractivity contribution >= 4 is 58.0 Å². The zero-order valence-corrected chi connectivity index (χ0v) is 16.6. The quantitative estimate of drug-likeness (QED) is 0.583. The fourth-order valence-corrected chi connectivity index (χ4v) is 3.42. The van der Waals surface area contributed by atoms with Crippen LogP contribution in [0, 0.1) is 0 Å². The van der Waals surface area contributed by atoms with Gasteiger partial charge >= 0.3 is 5.97 Å². The summed E-state index contributed by atoms with van der Waals surface area (Å²) in [6.45, 7) is 2.62. The zero-order valence-electron chi connectivity index (χ0n) is 15.1. The van der Waals surface area contributed by atoms with E-state index in [4.69, 9.17) is 33.7 Å². The maximum atomic E-state index is 12.9. The Labute approximate surface area is 171 Å². The van der Waals surface area contributed by atoms with Crippen LogP contribution in [0.4, 0.5) is 17.1 Å². The molecule has 0 radical (unpaired) electrons. The number of carbonyl (C=O) groups excluding carboxylic acids is 3. The van der Waals surface area contributed by atoms with Gasteiger partial charge in [0.25, 0.3) is 5.91 Å². The third kappa shape index (κ3) is 3.50. The molecule has 0 unspecified atom stereocenters. The lowest BCUT2D eigenvalue weighted by molar-refractivity contribution is -0.128. The molecule has 0 spiro atoms. The molecule has 7 nitrogen and oxygen atoms in total. The summed E-state index contributed by atoms with van der Waals surface area (Å²) >= 11 is 11.8. The molecule has 0 saturated carbocycles. The van der Waals surface area contributed by atoms with Gasteiger partial charge in [0.1, 0.15) is 5.54 Å². The van der Waals surface area contributed by atoms with Crippen molar-refractivity contribution in [2.45, 2.75) is 19.4 Å². The van der Waals surface area contributed by atoms with Crippen molar-refractivity contribution in [2.75, 3.05) is 22.6 Å². The largest absolute Gasteiger partial charge is 0.452 e. The van der Waals surface area contributed by atoms with Crippen LogP contribution in [0.15, 0.2) is 36.4 Å². The van der Waals surface area contributed by atoms with Crippen LogP contribution < -0.4 is 16.0 Å². The minimum absolute atomic E-state index is 0.00606. The molecule has 3 rings (SSSR count). The molecule has 0 atom stereocenters. The van der Waals surface area contributed by atoms with E-state index in [1.807, 2.05) is 0 Å². The number of nitrogens with two attached hydrogens (primary N) is 1. The van der Waals surface area contributed by atoms with Gasteiger partial charge in [-0.3, -0.25) is 14.5 Å². The summed E-state index contributed by atoms with van der Waals surface area (Å²) in [7, 11) is 0. The Kier molecular flexibility index (Phi) is 5.23. The summed E-state index contributed by atoms with van der Waals surface area (Å²) in [5.41, 5.74) is 5.59. The van der Waals surface area contributed by atoms with Gasteiger partial charge in [0.2, 0.25) is 5.91 Å². The summed E-state index contributed by atoms with van der Waals surface area (Å²) in [6.07, 6.45) is 0. The van der Waals surface area contributed by atoms with Gasteiger partial charge in [-0.05, 0) is 38.1 Å². The highest BCUT2D eigenvalue weighted by molar-refractivity contribution is 6.37. The van der Waals surface area contributed by atoms with Crippen molar-refractivity contribution in [2.24, 2.45) is 0 Å². The Hall–Kier alpha value is -2.77. The smallest absolute Gasteiger partial charge is 0.340 e. The van der Waals surface area contributed by atoms with Gasteiger partial charge in [-0.1, -0.05) is 35.3 Å². The molecule has 0 aromatic heterocycles. The second-order valence-corrected chi connectivity index (χ2v) is 7.53. The molecule has 0 bridgehead atoms. The number of hydrogen-bond acceptors (Lipinski definition) is 5. The number of halogens is 2. The van der Waals surface area contributed by atoms with E-state index in [-0.39, 0.29) is 27.2 Å². The van der Waals surface area contributed by atoms with E-state index in [1.165, 1.54) is 17.0 Å². The van der Waals surface area contributed by atoms with Crippen LogP contribution in [0.2, 0.25) is 10.0 Å². The Bertz CT molecular complexity index is 991. The number of fused-ring (bicyclic) bond motifs is 1. The van der Waals surface area contributed by atoms with E-state index in [1.54, 1.807) is 38.1 Å². The molecule has 2 aromatic rings. The molecular formula is C19H17Cl2N3O4. The van der Waals surface area contributed by atoms with Gasteiger partial charge in [-0.25, -0.2) is 4.79 Å². The molecular weight excluding hydrogens is 405 g/mol. The first-order valence-corrected chi connectivity index (χ1v) is 9.03. The molecule has 0 saturated heterocycles. The van der Waals surface area contributed by atoms with Crippen molar-refractivity contribution < 1.29 is 19.1 Å². The minimum atomic E-state index is -1.17. The summed E-state index contributed by atoms with van der Waals surface area (Å²) in [5, 5.41) is 3.07. The first-order valence-electron chi connectivity index (χ1n) is 8.28. The van der Waals surface area contributed by atoms with Gasteiger partial charge in [0.05, 0.1) is 27.6 Å². The first kappa shape index (κ1) is 20.0. The van der Waals surface area contributed by atoms with Gasteiger partial charge in [0, 0.05) is 5.02 Å². The maximum absolute atomic E-state index is 12.9. The second-order valence-electron chi connectivity index (χ2n) is 6.68. The van der Waals surface area contributed by atoms with Crippen LogP contribution in [0.5, 0.6) is 0 Å². The number of esters is 1. The molecule has 1 aliphatic rings. The van der Waals surface area contributed by atoms with Gasteiger partial charge in [-0.2, -0.15) is 0 Å². The molecule has 0 fully saturated rings. The lowest BCUT2D eigenvalue weighted by atomic mass is 9.96. The molecule has 1 heterocycles. The topological polar surface area (TPSA) is 102 Å². The summed E-state index contributed by atoms with van der Waals surface area (Å²) in [6, 6.07) is 9.57. The molecule has 2 aromatic carbocycles. The standard InChI is InChI=1S/C19H17Cl2N3O4/c1-19(2)18(27)23-13-5-3-4-6-14(13)24(19)15(25)9-28-17(26)11-7-10(20)8-12(21)16(11)22/h3-8H,9,22H2,1-2H3,(H,23,27). The number of para-hydroxylation sites is 2. The molecule has 3 N–H and O–H groups in total. The number of benzene rings is 2. The highest BCUT2D eigenvalue weighted by Gasteiger charge is 2.43. The van der Waals surface area contributed by atoms with E-state index in [2.05, 4.69) is 5.32 Å². The van der Waals surface area contributed by atoms with E-state index in [0.29, 0.717) is 11.4 Å². The number of hydrogen-bond donors (Lipinski definition) is 2. The van der Waals surface area contributed by atoms with Crippen LogP contribution in [0.3, 0.4) is 0 Å². The summed E-state index contributed by atoms with van der Waals surface area (Å²) in [5.74, 6) is -1.76. The number of carbonyl (C=O) groups is 3. The third-order valence-electron chi connectivity index (χ3n) is 4.40. The monoisotopic (exact) mass is 421 g/mol. The number of ether oxygens (including phenoxy) is 1. The zero-order chi connectivity index (χ0) is 20.6. The fraction of sp³-hybridized carbons (Fsp3) is 0.211. The highest BCUT2D eigenvalue weighted by atomic mass is 35.5. The van der Waals surface area contributed by atoms with Gasteiger partial charge < -0.3 is 15.8 Å². The predicted molar refractivity (Wildman–Crippen MR) is 108 cm³/mol. The van der Waals surface area contributed by atoms with Crippen LogP contribution in [-0.4, -0.2) is 29.9 Å². The molecule has 28 heavy (non-hydrogen) atoms. The minimum Gasteiger partial charge on any atom is -0.452 e. The normalized spacial score (nSPS) is 14.9. The van der Waals surface area contributed by atoms with Crippen molar-refractivity contribution in [3.8, 4) is 0 Å². The Morgan fingerprint density at radius 2 is 1.89 bits per heavy atom. The van der Waals surface area contributed by atoms with Crippen molar-refractivity contribution in [1.82, 2.24) is 0 Å². The van der Waals surface area contributed by atoms with E-state index in [9.17, 15) is 14.4 Å². The molecule has 146 valence electrons. The highest BCUT2D eigenvalue weighted by Crippen LogP contribution is 2.36. The van der Waals surface area contributed by atoms with Crippen LogP contribution >= 0.6 is 23.2 Å². The van der Waals surface area contributed by atoms with Crippen LogP contribution in [0.1, 0.15) is 24.2 Å².